The van der Waals surface area contributed by atoms with Gasteiger partial charge in [0.1, 0.15) is 11.5 Å². The Morgan fingerprint density at radius 2 is 1.96 bits per heavy atom. The van der Waals surface area contributed by atoms with Gasteiger partial charge in [0.2, 0.25) is 0 Å². The third kappa shape index (κ3) is 4.84. The van der Waals surface area contributed by atoms with Crippen LogP contribution in [-0.4, -0.2) is 35.2 Å². The first kappa shape index (κ1) is 16.5. The van der Waals surface area contributed by atoms with Crippen molar-refractivity contribution in [3.05, 3.63) is 53.2 Å². The van der Waals surface area contributed by atoms with Crippen LogP contribution in [0.15, 0.2) is 47.7 Å². The minimum atomic E-state index is -0.644. The van der Waals surface area contributed by atoms with Gasteiger partial charge in [-0.15, -0.1) is 0 Å². The van der Waals surface area contributed by atoms with Gasteiger partial charge in [0.15, 0.2) is 6.10 Å². The molecule has 1 aromatic heterocycles. The zero-order valence-electron chi connectivity index (χ0n) is 13.1. The predicted molar refractivity (Wildman–Crippen MR) is 84.6 cm³/mol. The van der Waals surface area contributed by atoms with Crippen molar-refractivity contribution in [1.29, 1.82) is 0 Å². The summed E-state index contributed by atoms with van der Waals surface area (Å²) in [5.74, 6) is 1.05. The second-order valence-corrected chi connectivity index (χ2v) is 4.84. The maximum atomic E-state index is 12.0. The van der Waals surface area contributed by atoms with Crippen LogP contribution in [0.25, 0.3) is 0 Å². The Bertz CT molecular complexity index is 697. The lowest BCUT2D eigenvalue weighted by Crippen LogP contribution is -2.38. The second-order valence-electron chi connectivity index (χ2n) is 4.84. The molecule has 0 saturated heterocycles. The number of hydrogen-bond donors (Lipinski definition) is 1. The number of nitrogens with zero attached hydrogens (tertiary/aromatic N) is 2. The quantitative estimate of drug-likeness (QED) is 0.818. The number of rotatable bonds is 7. The lowest BCUT2D eigenvalue weighted by molar-refractivity contribution is -0.127. The topological polar surface area (TPSA) is 82.4 Å². The number of carbonyl (C=O) groups is 1. The highest BCUT2D eigenvalue weighted by Gasteiger charge is 2.14. The SMILES string of the molecule is COc1ccc(OC(C)C(=O)NCCn2cnccc2=O)cc1. The summed E-state index contributed by atoms with van der Waals surface area (Å²) in [4.78, 5) is 27.3. The normalized spacial score (nSPS) is 11.6. The summed E-state index contributed by atoms with van der Waals surface area (Å²) in [6, 6.07) is 8.36. The molecule has 0 aliphatic carbocycles. The number of ether oxygens (including phenoxy) is 2. The van der Waals surface area contributed by atoms with Gasteiger partial charge in [-0.05, 0) is 31.2 Å². The molecule has 0 bridgehead atoms. The number of benzene rings is 1. The largest absolute Gasteiger partial charge is 0.497 e. The third-order valence-electron chi connectivity index (χ3n) is 3.19. The molecule has 0 aliphatic rings. The highest BCUT2D eigenvalue weighted by Crippen LogP contribution is 2.18. The summed E-state index contributed by atoms with van der Waals surface area (Å²) in [6.45, 7) is 2.34. The zero-order valence-corrected chi connectivity index (χ0v) is 13.1. The van der Waals surface area contributed by atoms with Crippen molar-refractivity contribution in [3.8, 4) is 11.5 Å². The van der Waals surface area contributed by atoms with Gasteiger partial charge in [-0.25, -0.2) is 4.98 Å². The van der Waals surface area contributed by atoms with Crippen molar-refractivity contribution in [2.75, 3.05) is 13.7 Å². The Labute approximate surface area is 133 Å². The van der Waals surface area contributed by atoms with Crippen molar-refractivity contribution in [2.24, 2.45) is 0 Å². The Balaban J connectivity index is 1.80. The number of methoxy groups -OCH3 is 1. The highest BCUT2D eigenvalue weighted by atomic mass is 16.5. The van der Waals surface area contributed by atoms with E-state index in [0.29, 0.717) is 18.8 Å². The monoisotopic (exact) mass is 317 g/mol. The first-order valence-electron chi connectivity index (χ1n) is 7.19. The Morgan fingerprint density at radius 3 is 2.61 bits per heavy atom. The molecule has 1 unspecified atom stereocenters. The Kier molecular flexibility index (Phi) is 5.74. The van der Waals surface area contributed by atoms with E-state index in [4.69, 9.17) is 9.47 Å². The van der Waals surface area contributed by atoms with Crippen LogP contribution in [0.1, 0.15) is 6.92 Å². The van der Waals surface area contributed by atoms with Gasteiger partial charge in [0, 0.05) is 25.4 Å². The number of amides is 1. The number of nitrogens with one attached hydrogen (secondary N) is 1. The molecule has 122 valence electrons. The summed E-state index contributed by atoms with van der Waals surface area (Å²) in [5, 5.41) is 2.72. The minimum Gasteiger partial charge on any atom is -0.497 e. The maximum absolute atomic E-state index is 12.0. The predicted octanol–water partition coefficient (Wildman–Crippen LogP) is 0.836. The van der Waals surface area contributed by atoms with E-state index in [-0.39, 0.29) is 11.5 Å². The van der Waals surface area contributed by atoms with Crippen LogP contribution in [0.5, 0.6) is 11.5 Å². The Hall–Kier alpha value is -2.83. The molecule has 0 aliphatic heterocycles. The molecular weight excluding hydrogens is 298 g/mol. The minimum absolute atomic E-state index is 0.156. The standard InChI is InChI=1S/C16H19N3O4/c1-12(23-14-5-3-13(22-2)4-6-14)16(21)18-9-10-19-11-17-8-7-15(19)20/h3-8,11-12H,9-10H2,1-2H3,(H,18,21). The van der Waals surface area contributed by atoms with Crippen LogP contribution in [0.3, 0.4) is 0 Å². The number of aromatic nitrogens is 2. The van der Waals surface area contributed by atoms with Gasteiger partial charge in [0.25, 0.3) is 11.5 Å². The first-order chi connectivity index (χ1) is 11.1. The average Bonchev–Trinajstić information content (AvgIpc) is 2.57. The fraction of sp³-hybridized carbons (Fsp3) is 0.312. The molecule has 1 aromatic carbocycles. The van der Waals surface area contributed by atoms with Gasteiger partial charge in [-0.3, -0.25) is 14.2 Å². The van der Waals surface area contributed by atoms with E-state index < -0.39 is 6.10 Å². The molecule has 1 heterocycles. The number of hydrogen-bond acceptors (Lipinski definition) is 5. The number of carbonyl (C=O) groups excluding carboxylic acids is 1. The van der Waals surface area contributed by atoms with Crippen LogP contribution >= 0.6 is 0 Å². The fourth-order valence-electron chi connectivity index (χ4n) is 1.90. The molecule has 2 aromatic rings. The van der Waals surface area contributed by atoms with E-state index >= 15 is 0 Å². The van der Waals surface area contributed by atoms with Crippen molar-refractivity contribution in [3.63, 3.8) is 0 Å². The smallest absolute Gasteiger partial charge is 0.260 e. The van der Waals surface area contributed by atoms with E-state index in [2.05, 4.69) is 10.3 Å². The van der Waals surface area contributed by atoms with E-state index in [1.807, 2.05) is 0 Å². The summed E-state index contributed by atoms with van der Waals surface area (Å²) >= 11 is 0. The molecule has 1 atom stereocenters. The molecular formula is C16H19N3O4. The molecule has 23 heavy (non-hydrogen) atoms. The Morgan fingerprint density at radius 1 is 1.26 bits per heavy atom. The van der Waals surface area contributed by atoms with Crippen molar-refractivity contribution in [1.82, 2.24) is 14.9 Å². The summed E-state index contributed by atoms with van der Waals surface area (Å²) in [5.41, 5.74) is -0.156. The summed E-state index contributed by atoms with van der Waals surface area (Å²) < 4.78 is 12.0. The van der Waals surface area contributed by atoms with E-state index in [9.17, 15) is 9.59 Å². The van der Waals surface area contributed by atoms with E-state index in [0.717, 1.165) is 5.75 Å². The average molecular weight is 317 g/mol. The van der Waals surface area contributed by atoms with E-state index in [1.165, 1.54) is 23.2 Å². The van der Waals surface area contributed by atoms with Gasteiger partial charge in [0.05, 0.1) is 13.4 Å². The molecule has 7 heteroatoms. The molecule has 0 radical (unpaired) electrons. The highest BCUT2D eigenvalue weighted by molar-refractivity contribution is 5.80. The van der Waals surface area contributed by atoms with E-state index in [1.54, 1.807) is 38.3 Å². The molecule has 0 saturated carbocycles. The summed E-state index contributed by atoms with van der Waals surface area (Å²) in [6.07, 6.45) is 2.22. The van der Waals surface area contributed by atoms with Gasteiger partial charge in [-0.1, -0.05) is 0 Å². The van der Waals surface area contributed by atoms with Crippen molar-refractivity contribution >= 4 is 5.91 Å². The second kappa shape index (κ2) is 7.98. The third-order valence-corrected chi connectivity index (χ3v) is 3.19. The van der Waals surface area contributed by atoms with Crippen molar-refractivity contribution < 1.29 is 14.3 Å². The first-order valence-corrected chi connectivity index (χ1v) is 7.19. The molecule has 1 N–H and O–H groups in total. The molecule has 1 amide bonds. The van der Waals surface area contributed by atoms with Gasteiger partial charge < -0.3 is 14.8 Å². The van der Waals surface area contributed by atoms with Crippen LogP contribution in [0.2, 0.25) is 0 Å². The molecule has 0 spiro atoms. The fourth-order valence-corrected chi connectivity index (χ4v) is 1.90. The molecule has 0 fully saturated rings. The zero-order chi connectivity index (χ0) is 16.7. The lowest BCUT2D eigenvalue weighted by atomic mass is 10.3. The lowest BCUT2D eigenvalue weighted by Gasteiger charge is -2.15. The summed E-state index contributed by atoms with van der Waals surface area (Å²) in [7, 11) is 1.58. The molecule has 7 nitrogen and oxygen atoms in total. The molecule has 2 rings (SSSR count). The van der Waals surface area contributed by atoms with Crippen LogP contribution in [0, 0.1) is 0 Å². The van der Waals surface area contributed by atoms with Crippen molar-refractivity contribution in [2.45, 2.75) is 19.6 Å². The van der Waals surface area contributed by atoms with Crippen LogP contribution in [0.4, 0.5) is 0 Å². The van der Waals surface area contributed by atoms with Crippen LogP contribution in [-0.2, 0) is 11.3 Å². The van der Waals surface area contributed by atoms with Gasteiger partial charge >= 0.3 is 0 Å². The van der Waals surface area contributed by atoms with Crippen LogP contribution < -0.4 is 20.3 Å². The van der Waals surface area contributed by atoms with Gasteiger partial charge in [-0.2, -0.15) is 0 Å². The maximum Gasteiger partial charge on any atom is 0.260 e.